The van der Waals surface area contributed by atoms with E-state index in [1.165, 1.54) is 16.9 Å². The number of carbonyl (C=O) groups is 1. The van der Waals surface area contributed by atoms with Crippen LogP contribution in [0.5, 0.6) is 0 Å². The molecule has 1 fully saturated rings. The minimum atomic E-state index is -0.329. The van der Waals surface area contributed by atoms with Crippen molar-refractivity contribution in [1.29, 1.82) is 0 Å². The van der Waals surface area contributed by atoms with Crippen molar-refractivity contribution in [2.45, 2.75) is 46.1 Å². The molecule has 1 aliphatic heterocycles. The molecule has 158 valence electrons. The number of rotatable bonds is 5. The summed E-state index contributed by atoms with van der Waals surface area (Å²) < 4.78 is 5.48. The average molecular weight is 426 g/mol. The summed E-state index contributed by atoms with van der Waals surface area (Å²) in [5.74, 6) is 0.329. The molecule has 3 aromatic rings. The van der Waals surface area contributed by atoms with E-state index in [1.54, 1.807) is 12.3 Å². The fourth-order valence-corrected chi connectivity index (χ4v) is 4.82. The summed E-state index contributed by atoms with van der Waals surface area (Å²) in [6, 6.07) is 5.72. The maximum atomic E-state index is 12.7. The summed E-state index contributed by atoms with van der Waals surface area (Å²) >= 11 is 1.42. The normalized spacial score (nSPS) is 17.5. The number of thiazole rings is 1. The van der Waals surface area contributed by atoms with Crippen molar-refractivity contribution in [2.75, 3.05) is 18.4 Å². The number of carbonyl (C=O) groups excluding carboxylic acids is 1. The van der Waals surface area contributed by atoms with Crippen LogP contribution in [0.2, 0.25) is 0 Å². The van der Waals surface area contributed by atoms with Gasteiger partial charge in [-0.1, -0.05) is 13.8 Å². The van der Waals surface area contributed by atoms with Gasteiger partial charge in [0, 0.05) is 36.1 Å². The number of hydrogen-bond donors (Lipinski definition) is 1. The molecule has 1 aliphatic rings. The van der Waals surface area contributed by atoms with Gasteiger partial charge in [-0.05, 0) is 61.1 Å². The van der Waals surface area contributed by atoms with Gasteiger partial charge in [-0.3, -0.25) is 9.69 Å². The second-order valence-corrected chi connectivity index (χ2v) is 9.25. The highest BCUT2D eigenvalue weighted by Crippen LogP contribution is 2.28. The number of amides is 1. The van der Waals surface area contributed by atoms with Gasteiger partial charge >= 0.3 is 5.63 Å². The van der Waals surface area contributed by atoms with E-state index in [-0.39, 0.29) is 17.5 Å². The van der Waals surface area contributed by atoms with Crippen molar-refractivity contribution in [2.24, 2.45) is 5.92 Å². The van der Waals surface area contributed by atoms with Crippen LogP contribution in [-0.4, -0.2) is 28.9 Å². The van der Waals surface area contributed by atoms with Gasteiger partial charge in [0.25, 0.3) is 0 Å². The van der Waals surface area contributed by atoms with Gasteiger partial charge in [-0.15, -0.1) is 11.3 Å². The molecule has 1 amide bonds. The molecular weight excluding hydrogens is 398 g/mol. The van der Waals surface area contributed by atoms with Crippen LogP contribution < -0.4 is 10.9 Å². The van der Waals surface area contributed by atoms with Crippen molar-refractivity contribution in [3.63, 3.8) is 0 Å². The molecule has 1 aromatic carbocycles. The fourth-order valence-electron chi connectivity index (χ4n) is 4.29. The topological polar surface area (TPSA) is 75.4 Å². The highest BCUT2D eigenvalue weighted by atomic mass is 32.1. The number of anilines is 1. The molecule has 3 heterocycles. The van der Waals surface area contributed by atoms with Crippen LogP contribution in [0.25, 0.3) is 11.0 Å². The number of aryl methyl sites for hydroxylation is 1. The molecule has 0 spiro atoms. The maximum Gasteiger partial charge on any atom is 0.336 e. The molecule has 1 atom stereocenters. The predicted molar refractivity (Wildman–Crippen MR) is 120 cm³/mol. The number of piperidine rings is 1. The Hall–Kier alpha value is -2.51. The average Bonchev–Trinajstić information content (AvgIpc) is 3.20. The summed E-state index contributed by atoms with van der Waals surface area (Å²) in [7, 11) is 0. The Bertz CT molecular complexity index is 1100. The van der Waals surface area contributed by atoms with E-state index in [4.69, 9.17) is 4.42 Å². The zero-order valence-electron chi connectivity index (χ0n) is 17.6. The van der Waals surface area contributed by atoms with Crippen molar-refractivity contribution >= 4 is 33.3 Å². The zero-order chi connectivity index (χ0) is 21.3. The quantitative estimate of drug-likeness (QED) is 0.608. The van der Waals surface area contributed by atoms with E-state index >= 15 is 0 Å². The second-order valence-electron chi connectivity index (χ2n) is 8.35. The summed E-state index contributed by atoms with van der Waals surface area (Å²) in [6.45, 7) is 8.60. The maximum absolute atomic E-state index is 12.7. The third kappa shape index (κ3) is 4.47. The number of fused-ring (bicyclic) bond motifs is 1. The smallest absolute Gasteiger partial charge is 0.336 e. The van der Waals surface area contributed by atoms with E-state index in [0.717, 1.165) is 35.9 Å². The minimum absolute atomic E-state index is 0.0183. The van der Waals surface area contributed by atoms with Gasteiger partial charge in [-0.25, -0.2) is 9.78 Å². The molecule has 7 heteroatoms. The molecule has 0 unspecified atom stereocenters. The highest BCUT2D eigenvalue weighted by molar-refractivity contribution is 7.13. The number of nitrogens with zero attached hydrogens (tertiary/aromatic N) is 2. The minimum Gasteiger partial charge on any atom is -0.423 e. The number of hydrogen-bond acceptors (Lipinski definition) is 6. The first-order chi connectivity index (χ1) is 14.4. The van der Waals surface area contributed by atoms with Gasteiger partial charge in [0.1, 0.15) is 5.58 Å². The number of likely N-dealkylation sites (tertiary alicyclic amines) is 1. The summed E-state index contributed by atoms with van der Waals surface area (Å²) in [6.07, 6.45) is 3.50. The Morgan fingerprint density at radius 3 is 2.93 bits per heavy atom. The monoisotopic (exact) mass is 425 g/mol. The number of nitrogens with one attached hydrogen (secondary N) is 1. The van der Waals surface area contributed by atoms with Crippen molar-refractivity contribution in [3.8, 4) is 0 Å². The fraction of sp³-hybridized carbons (Fsp3) is 0.435. The molecule has 0 radical (unpaired) electrons. The summed E-state index contributed by atoms with van der Waals surface area (Å²) in [4.78, 5) is 31.2. The lowest BCUT2D eigenvalue weighted by molar-refractivity contribution is -0.121. The molecule has 0 saturated carbocycles. The van der Waals surface area contributed by atoms with Gasteiger partial charge in [-0.2, -0.15) is 0 Å². The van der Waals surface area contributed by atoms with Gasteiger partial charge in [0.05, 0.1) is 5.92 Å². The third-order valence-corrected chi connectivity index (χ3v) is 6.46. The Morgan fingerprint density at radius 2 is 2.20 bits per heavy atom. The van der Waals surface area contributed by atoms with Crippen LogP contribution in [0.3, 0.4) is 0 Å². The molecule has 30 heavy (non-hydrogen) atoms. The van der Waals surface area contributed by atoms with Gasteiger partial charge in [0.15, 0.2) is 5.13 Å². The van der Waals surface area contributed by atoms with E-state index in [0.29, 0.717) is 29.7 Å². The van der Waals surface area contributed by atoms with Crippen LogP contribution in [0.1, 0.15) is 49.3 Å². The first kappa shape index (κ1) is 20.8. The van der Waals surface area contributed by atoms with E-state index in [9.17, 15) is 9.59 Å². The molecule has 0 aliphatic carbocycles. The Morgan fingerprint density at radius 1 is 1.37 bits per heavy atom. The molecule has 0 bridgehead atoms. The Kier molecular flexibility index (Phi) is 6.01. The molecule has 4 rings (SSSR count). The third-order valence-electron chi connectivity index (χ3n) is 5.77. The van der Waals surface area contributed by atoms with Crippen molar-refractivity contribution in [1.82, 2.24) is 9.88 Å². The lowest BCUT2D eigenvalue weighted by Crippen LogP contribution is -2.40. The Labute approximate surface area is 179 Å². The summed E-state index contributed by atoms with van der Waals surface area (Å²) in [5, 5.41) is 6.39. The van der Waals surface area contributed by atoms with Crippen LogP contribution in [-0.2, 0) is 11.3 Å². The summed E-state index contributed by atoms with van der Waals surface area (Å²) in [5.41, 5.74) is 3.66. The lowest BCUT2D eigenvalue weighted by Gasteiger charge is -2.32. The van der Waals surface area contributed by atoms with Crippen molar-refractivity contribution in [3.05, 3.63) is 56.9 Å². The molecule has 1 N–H and O–H groups in total. The first-order valence-corrected chi connectivity index (χ1v) is 11.3. The molecule has 1 saturated heterocycles. The zero-order valence-corrected chi connectivity index (χ0v) is 18.4. The van der Waals surface area contributed by atoms with Crippen LogP contribution in [0.15, 0.2) is 39.0 Å². The van der Waals surface area contributed by atoms with E-state index < -0.39 is 0 Å². The Balaban J connectivity index is 1.56. The van der Waals surface area contributed by atoms with Crippen LogP contribution in [0.4, 0.5) is 5.13 Å². The van der Waals surface area contributed by atoms with Crippen molar-refractivity contribution < 1.29 is 9.21 Å². The van der Waals surface area contributed by atoms with E-state index in [1.807, 2.05) is 11.4 Å². The molecule has 6 nitrogen and oxygen atoms in total. The second kappa shape index (κ2) is 8.70. The SMILES string of the molecule is Cc1cc2oc(=O)cc(CN3CCC[C@H](C(=O)Nc4nccs4)C3)c2cc1C(C)C. The standard InChI is InChI=1S/C23H27N3O3S/c1-14(2)18-11-19-17(10-21(27)29-20(19)9-15(18)3)13-26-7-4-5-16(12-26)22(28)25-23-24-6-8-30-23/h6,8-11,14,16H,4-5,7,12-13H2,1-3H3,(H,24,25,28)/t16-/m0/s1. The number of benzene rings is 1. The first-order valence-electron chi connectivity index (χ1n) is 10.4. The van der Waals surface area contributed by atoms with Gasteiger partial charge in [0.2, 0.25) is 5.91 Å². The predicted octanol–water partition coefficient (Wildman–Crippen LogP) is 4.53. The highest BCUT2D eigenvalue weighted by Gasteiger charge is 2.27. The molecule has 2 aromatic heterocycles. The molecular formula is C23H27N3O3S. The van der Waals surface area contributed by atoms with Gasteiger partial charge < -0.3 is 9.73 Å². The van der Waals surface area contributed by atoms with E-state index in [2.05, 4.69) is 42.0 Å². The lowest BCUT2D eigenvalue weighted by atomic mass is 9.94. The largest absolute Gasteiger partial charge is 0.423 e. The van der Waals surface area contributed by atoms with Crippen LogP contribution in [0, 0.1) is 12.8 Å². The number of aromatic nitrogens is 1. The van der Waals surface area contributed by atoms with Crippen LogP contribution >= 0.6 is 11.3 Å².